The molecule has 0 aliphatic heterocycles. The maximum Gasteiger partial charge on any atom is 0.306 e. The topological polar surface area (TPSA) is 114 Å². The van der Waals surface area contributed by atoms with Gasteiger partial charge in [-0.2, -0.15) is 0 Å². The smallest absolute Gasteiger partial charge is 0.306 e. The van der Waals surface area contributed by atoms with Crippen LogP contribution in [0.25, 0.3) is 0 Å². The van der Waals surface area contributed by atoms with E-state index in [4.69, 9.17) is 13.8 Å². The van der Waals surface area contributed by atoms with Crippen LogP contribution in [0.1, 0.15) is 245 Å². The number of esters is 1. The molecule has 0 rings (SSSR count). The average Bonchev–Trinajstić information content (AvgIpc) is 3.38. The quantitative estimate of drug-likeness (QED) is 0.0212. The molecule has 0 aromatic rings. The zero-order valence-electron chi connectivity index (χ0n) is 49.7. The van der Waals surface area contributed by atoms with Crippen molar-refractivity contribution in [2.24, 2.45) is 0 Å². The van der Waals surface area contributed by atoms with E-state index in [2.05, 4.69) is 111 Å². The van der Waals surface area contributed by atoms with Crippen molar-refractivity contribution in [3.05, 3.63) is 109 Å². The lowest BCUT2D eigenvalue weighted by Crippen LogP contribution is -2.47. The maximum atomic E-state index is 13.5. The van der Waals surface area contributed by atoms with Crippen molar-refractivity contribution in [2.75, 3.05) is 40.9 Å². The molecule has 436 valence electrons. The van der Waals surface area contributed by atoms with E-state index in [1.807, 2.05) is 45.4 Å². The molecule has 0 fully saturated rings. The van der Waals surface area contributed by atoms with Gasteiger partial charge in [-0.15, -0.1) is 0 Å². The van der Waals surface area contributed by atoms with Crippen LogP contribution < -0.4 is 10.2 Å². The van der Waals surface area contributed by atoms with Gasteiger partial charge in [0.1, 0.15) is 19.3 Å². The molecule has 0 aliphatic carbocycles. The SMILES string of the molecule is CC/C=C/C/C=C/C/C=C/C/C=C/C/C=C/CCC(=O)NC(COP(=O)([O-])OCC[N+](C)(C)C)C(/C=C/CCCCCCCCCCCCC)OC(=O)CCCCCCCCCC/C=C\C/C=C\C/C=C\CCCCC. The zero-order valence-corrected chi connectivity index (χ0v) is 50.6. The fraction of sp³-hybridized carbons (Fsp3) is 0.697. The van der Waals surface area contributed by atoms with Crippen LogP contribution in [0.15, 0.2) is 109 Å². The second kappa shape index (κ2) is 55.0. The number of amides is 1. The van der Waals surface area contributed by atoms with Crippen LogP contribution in [0.3, 0.4) is 0 Å². The number of nitrogens with zero attached hydrogens (tertiary/aromatic N) is 1. The molecule has 0 saturated carbocycles. The lowest BCUT2D eigenvalue weighted by atomic mass is 10.0. The molecule has 0 aliphatic rings. The van der Waals surface area contributed by atoms with Gasteiger partial charge in [0.25, 0.3) is 7.82 Å². The Bertz CT molecular complexity index is 1670. The highest BCUT2D eigenvalue weighted by atomic mass is 31.2. The minimum atomic E-state index is -4.73. The molecule has 76 heavy (non-hydrogen) atoms. The van der Waals surface area contributed by atoms with Crippen molar-refractivity contribution in [3.8, 4) is 0 Å². The predicted octanol–water partition coefficient (Wildman–Crippen LogP) is 18.3. The number of phosphoric ester groups is 1. The number of nitrogens with one attached hydrogen (secondary N) is 1. The number of hydrogen-bond donors (Lipinski definition) is 1. The minimum Gasteiger partial charge on any atom is -0.756 e. The molecule has 9 nitrogen and oxygen atoms in total. The molecule has 10 heteroatoms. The van der Waals surface area contributed by atoms with Crippen molar-refractivity contribution >= 4 is 19.7 Å². The van der Waals surface area contributed by atoms with Crippen molar-refractivity contribution in [2.45, 2.75) is 258 Å². The summed E-state index contributed by atoms with van der Waals surface area (Å²) >= 11 is 0. The summed E-state index contributed by atoms with van der Waals surface area (Å²) in [6.07, 6.45) is 75.0. The first kappa shape index (κ1) is 72.7. The van der Waals surface area contributed by atoms with Gasteiger partial charge in [0, 0.05) is 12.8 Å². The number of allylic oxidation sites excluding steroid dienone is 17. The second-order valence-electron chi connectivity index (χ2n) is 21.5. The van der Waals surface area contributed by atoms with Gasteiger partial charge in [0.05, 0.1) is 33.8 Å². The van der Waals surface area contributed by atoms with E-state index < -0.39 is 26.6 Å². The third-order valence-electron chi connectivity index (χ3n) is 13.0. The van der Waals surface area contributed by atoms with Gasteiger partial charge in [0.2, 0.25) is 5.91 Å². The monoisotopic (exact) mass is 1080 g/mol. The van der Waals surface area contributed by atoms with Crippen LogP contribution in [-0.2, 0) is 27.9 Å². The molecule has 3 unspecified atom stereocenters. The standard InChI is InChI=1S/C66H115N2O7P/c1-7-10-13-16-19-22-25-28-30-32-33-34-35-36-38-41-44-47-50-53-56-59-66(70)75-64(57-54-51-48-45-42-39-27-24-21-18-15-12-9-3)63(62-74-76(71,72)73-61-60-68(4,5)6)67-65(69)58-55-52-49-46-43-40-37-31-29-26-23-20-17-14-11-8-2/h11,14,19-20,22-23,28-31,33-34,40,43,49,52,54,57,63-64H,7-10,12-13,15-18,21,24-27,32,35-39,41-42,44-48,50-51,53,55-56,58-62H2,1-6H3,(H-,67,69,71,72)/b14-11+,22-19-,23-20+,30-28-,31-29+,34-33-,43-40+,52-49+,57-54+. The summed E-state index contributed by atoms with van der Waals surface area (Å²) in [4.78, 5) is 39.9. The Morgan fingerprint density at radius 2 is 0.855 bits per heavy atom. The average molecular weight is 1080 g/mol. The lowest BCUT2D eigenvalue weighted by Gasteiger charge is -2.30. The van der Waals surface area contributed by atoms with E-state index in [0.29, 0.717) is 23.9 Å². The molecule has 0 spiro atoms. The highest BCUT2D eigenvalue weighted by Gasteiger charge is 2.27. The maximum absolute atomic E-state index is 13.5. The number of ether oxygens (including phenoxy) is 1. The summed E-state index contributed by atoms with van der Waals surface area (Å²) in [5, 5.41) is 2.97. The minimum absolute atomic E-state index is 0.0420. The van der Waals surface area contributed by atoms with Crippen molar-refractivity contribution < 1.29 is 37.3 Å². The Morgan fingerprint density at radius 3 is 1.32 bits per heavy atom. The van der Waals surface area contributed by atoms with Gasteiger partial charge in [-0.1, -0.05) is 240 Å². The van der Waals surface area contributed by atoms with E-state index in [1.165, 1.54) is 109 Å². The molecule has 0 aromatic carbocycles. The molecule has 1 N–H and O–H groups in total. The number of hydrogen-bond acceptors (Lipinski definition) is 7. The summed E-state index contributed by atoms with van der Waals surface area (Å²) in [6.45, 7) is 6.63. The number of likely N-dealkylation sites (N-methyl/N-ethyl adjacent to an activating group) is 1. The Morgan fingerprint density at radius 1 is 0.474 bits per heavy atom. The summed E-state index contributed by atoms with van der Waals surface area (Å²) < 4.78 is 30.2. The number of quaternary nitrogens is 1. The molecule has 0 radical (unpaired) electrons. The Balaban J connectivity index is 5.39. The number of unbranched alkanes of at least 4 members (excludes halogenated alkanes) is 22. The molecule has 0 saturated heterocycles. The molecular formula is C66H115N2O7P. The zero-order chi connectivity index (χ0) is 55.7. The van der Waals surface area contributed by atoms with E-state index in [-0.39, 0.29) is 31.3 Å². The van der Waals surface area contributed by atoms with E-state index in [1.54, 1.807) is 0 Å². The molecular weight excluding hydrogens is 964 g/mol. The van der Waals surface area contributed by atoms with Crippen LogP contribution in [0.5, 0.6) is 0 Å². The number of carbonyl (C=O) groups is 2. The van der Waals surface area contributed by atoms with Gasteiger partial charge in [0.15, 0.2) is 0 Å². The normalized spacial score (nSPS) is 14.5. The fourth-order valence-corrected chi connectivity index (χ4v) is 8.94. The van der Waals surface area contributed by atoms with Gasteiger partial charge < -0.3 is 28.5 Å². The van der Waals surface area contributed by atoms with Gasteiger partial charge in [-0.05, 0) is 102 Å². The summed E-state index contributed by atoms with van der Waals surface area (Å²) in [7, 11) is 1.12. The van der Waals surface area contributed by atoms with Crippen LogP contribution in [0.4, 0.5) is 0 Å². The van der Waals surface area contributed by atoms with Gasteiger partial charge in [-0.25, -0.2) is 0 Å². The first-order valence-corrected chi connectivity index (χ1v) is 32.2. The Kier molecular flexibility index (Phi) is 52.6. The first-order valence-electron chi connectivity index (χ1n) is 30.7. The van der Waals surface area contributed by atoms with Crippen LogP contribution in [0, 0.1) is 0 Å². The van der Waals surface area contributed by atoms with Crippen molar-refractivity contribution in [1.82, 2.24) is 5.32 Å². The summed E-state index contributed by atoms with van der Waals surface area (Å²) in [5.74, 6) is -0.651. The molecule has 0 bridgehead atoms. The summed E-state index contributed by atoms with van der Waals surface area (Å²) in [5.41, 5.74) is 0. The lowest BCUT2D eigenvalue weighted by molar-refractivity contribution is -0.870. The van der Waals surface area contributed by atoms with Crippen molar-refractivity contribution in [3.63, 3.8) is 0 Å². The molecule has 0 heterocycles. The molecule has 3 atom stereocenters. The number of rotatable bonds is 54. The number of phosphoric acid groups is 1. The highest BCUT2D eigenvalue weighted by Crippen LogP contribution is 2.38. The van der Waals surface area contributed by atoms with Gasteiger partial charge in [-0.3, -0.25) is 14.2 Å². The van der Waals surface area contributed by atoms with Crippen LogP contribution >= 0.6 is 7.82 Å². The Labute approximate surface area is 468 Å². The third-order valence-corrected chi connectivity index (χ3v) is 13.9. The first-order chi connectivity index (χ1) is 36.9. The Hall–Kier alpha value is -3.33. The predicted molar refractivity (Wildman–Crippen MR) is 325 cm³/mol. The highest BCUT2D eigenvalue weighted by molar-refractivity contribution is 7.45. The molecule has 1 amide bonds. The van der Waals surface area contributed by atoms with Crippen LogP contribution in [0.2, 0.25) is 0 Å². The number of carbonyl (C=O) groups excluding carboxylic acids is 2. The third kappa shape index (κ3) is 55.4. The van der Waals surface area contributed by atoms with Crippen molar-refractivity contribution in [1.29, 1.82) is 0 Å². The summed E-state index contributed by atoms with van der Waals surface area (Å²) in [6, 6.07) is -0.938. The van der Waals surface area contributed by atoms with Gasteiger partial charge >= 0.3 is 5.97 Å². The van der Waals surface area contributed by atoms with E-state index in [9.17, 15) is 19.0 Å². The molecule has 0 aromatic heterocycles. The van der Waals surface area contributed by atoms with E-state index in [0.717, 1.165) is 89.9 Å². The largest absolute Gasteiger partial charge is 0.756 e. The van der Waals surface area contributed by atoms with Crippen LogP contribution in [-0.4, -0.2) is 69.4 Å². The van der Waals surface area contributed by atoms with E-state index >= 15 is 0 Å². The fourth-order valence-electron chi connectivity index (χ4n) is 8.22. The second-order valence-corrected chi connectivity index (χ2v) is 22.9.